The average molecular weight is 314 g/mol. The van der Waals surface area contributed by atoms with Crippen LogP contribution in [-0.4, -0.2) is 35.8 Å². The van der Waals surface area contributed by atoms with Crippen molar-refractivity contribution in [2.24, 2.45) is 5.92 Å². The molecule has 0 N–H and O–H groups in total. The van der Waals surface area contributed by atoms with Crippen LogP contribution in [0, 0.1) is 12.8 Å². The molecule has 0 aromatic heterocycles. The van der Waals surface area contributed by atoms with E-state index in [1.54, 1.807) is 4.90 Å². The monoisotopic (exact) mass is 314 g/mol. The molecule has 0 aliphatic carbocycles. The number of carbonyl (C=O) groups excluding carboxylic acids is 2. The van der Waals surface area contributed by atoms with Gasteiger partial charge in [0.25, 0.3) is 0 Å². The van der Waals surface area contributed by atoms with Gasteiger partial charge in [-0.25, -0.2) is 0 Å². The van der Waals surface area contributed by atoms with Crippen molar-refractivity contribution < 1.29 is 9.59 Å². The highest BCUT2D eigenvalue weighted by Crippen LogP contribution is 2.29. The van der Waals surface area contributed by atoms with Crippen LogP contribution in [0.1, 0.15) is 44.6 Å². The Kier molecular flexibility index (Phi) is 4.69. The molecule has 4 heteroatoms. The van der Waals surface area contributed by atoms with E-state index in [1.165, 1.54) is 6.42 Å². The number of anilines is 1. The largest absolute Gasteiger partial charge is 0.339 e. The predicted octanol–water partition coefficient (Wildman–Crippen LogP) is 3.14. The maximum Gasteiger partial charge on any atom is 0.228 e. The molecule has 3 rings (SSSR count). The van der Waals surface area contributed by atoms with Crippen molar-refractivity contribution in [1.29, 1.82) is 0 Å². The van der Waals surface area contributed by atoms with Crippen molar-refractivity contribution in [3.05, 3.63) is 29.8 Å². The molecule has 0 saturated carbocycles. The quantitative estimate of drug-likeness (QED) is 0.860. The third kappa shape index (κ3) is 3.26. The number of likely N-dealkylation sites (tertiary alicyclic amines) is 1. The summed E-state index contributed by atoms with van der Waals surface area (Å²) in [6.07, 6.45) is 4.75. The number of hydrogen-bond donors (Lipinski definition) is 0. The Morgan fingerprint density at radius 1 is 1.30 bits per heavy atom. The van der Waals surface area contributed by atoms with Gasteiger partial charge in [-0.15, -0.1) is 0 Å². The number of benzene rings is 1. The third-order valence-electron chi connectivity index (χ3n) is 5.17. The van der Waals surface area contributed by atoms with Crippen LogP contribution in [0.25, 0.3) is 0 Å². The summed E-state index contributed by atoms with van der Waals surface area (Å²) < 4.78 is 0. The first-order valence-electron chi connectivity index (χ1n) is 8.77. The molecule has 2 fully saturated rings. The Hall–Kier alpha value is -1.84. The van der Waals surface area contributed by atoms with Crippen molar-refractivity contribution in [2.45, 2.75) is 52.0 Å². The standard InChI is InChI=1S/C19H26N2O2/c1-3-16-8-4-5-10-20(16)19(23)15-12-18(22)21(13-15)17-9-6-7-14(2)11-17/h6-7,9,11,15-16H,3-5,8,10,12-13H2,1-2H3. The van der Waals surface area contributed by atoms with E-state index in [1.807, 2.05) is 36.1 Å². The smallest absolute Gasteiger partial charge is 0.228 e. The Balaban J connectivity index is 1.72. The minimum Gasteiger partial charge on any atom is -0.339 e. The van der Waals surface area contributed by atoms with Gasteiger partial charge in [-0.05, 0) is 50.3 Å². The maximum atomic E-state index is 12.9. The molecule has 1 aromatic rings. The Bertz CT molecular complexity index is 599. The zero-order valence-electron chi connectivity index (χ0n) is 14.1. The van der Waals surface area contributed by atoms with E-state index >= 15 is 0 Å². The van der Waals surface area contributed by atoms with Gasteiger partial charge in [-0.2, -0.15) is 0 Å². The van der Waals surface area contributed by atoms with Crippen molar-refractivity contribution in [1.82, 2.24) is 4.90 Å². The number of piperidine rings is 1. The first kappa shape index (κ1) is 16.0. The van der Waals surface area contributed by atoms with Gasteiger partial charge in [0.15, 0.2) is 0 Å². The van der Waals surface area contributed by atoms with Gasteiger partial charge in [-0.1, -0.05) is 19.1 Å². The summed E-state index contributed by atoms with van der Waals surface area (Å²) in [7, 11) is 0. The van der Waals surface area contributed by atoms with Crippen LogP contribution in [0.2, 0.25) is 0 Å². The minimum absolute atomic E-state index is 0.0685. The molecule has 2 aliphatic rings. The minimum atomic E-state index is -0.185. The first-order chi connectivity index (χ1) is 11.1. The molecular formula is C19H26N2O2. The Morgan fingerprint density at radius 3 is 2.87 bits per heavy atom. The fourth-order valence-corrected chi connectivity index (χ4v) is 3.87. The maximum absolute atomic E-state index is 12.9. The molecule has 2 atom stereocenters. The van der Waals surface area contributed by atoms with Crippen LogP contribution in [0.15, 0.2) is 24.3 Å². The summed E-state index contributed by atoms with van der Waals surface area (Å²) in [5.41, 5.74) is 2.04. The summed E-state index contributed by atoms with van der Waals surface area (Å²) >= 11 is 0. The molecule has 2 saturated heterocycles. The van der Waals surface area contributed by atoms with E-state index in [0.29, 0.717) is 19.0 Å². The summed E-state index contributed by atoms with van der Waals surface area (Å²) in [5, 5.41) is 0. The van der Waals surface area contributed by atoms with Gasteiger partial charge in [-0.3, -0.25) is 9.59 Å². The van der Waals surface area contributed by atoms with E-state index < -0.39 is 0 Å². The number of aryl methyl sites for hydroxylation is 1. The molecule has 2 amide bonds. The number of hydrogen-bond acceptors (Lipinski definition) is 2. The van der Waals surface area contributed by atoms with Gasteiger partial charge in [0.05, 0.1) is 5.92 Å². The second-order valence-corrected chi connectivity index (χ2v) is 6.83. The molecule has 0 radical (unpaired) electrons. The zero-order chi connectivity index (χ0) is 16.4. The summed E-state index contributed by atoms with van der Waals surface area (Å²) in [6.45, 7) is 5.54. The van der Waals surface area contributed by atoms with Crippen LogP contribution >= 0.6 is 0 Å². The fraction of sp³-hybridized carbons (Fsp3) is 0.579. The van der Waals surface area contributed by atoms with Gasteiger partial charge in [0, 0.05) is 31.2 Å². The number of nitrogens with zero attached hydrogens (tertiary/aromatic N) is 2. The molecule has 0 spiro atoms. The normalized spacial score (nSPS) is 25.0. The summed E-state index contributed by atoms with van der Waals surface area (Å²) in [5.74, 6) is 0.0641. The van der Waals surface area contributed by atoms with Crippen LogP contribution in [0.3, 0.4) is 0 Å². The van der Waals surface area contributed by atoms with Crippen molar-refractivity contribution >= 4 is 17.5 Å². The van der Waals surface area contributed by atoms with Crippen molar-refractivity contribution in [2.75, 3.05) is 18.0 Å². The SMILES string of the molecule is CCC1CCCCN1C(=O)C1CC(=O)N(c2cccc(C)c2)C1. The van der Waals surface area contributed by atoms with E-state index in [2.05, 4.69) is 6.92 Å². The second-order valence-electron chi connectivity index (χ2n) is 6.83. The zero-order valence-corrected chi connectivity index (χ0v) is 14.1. The Morgan fingerprint density at radius 2 is 2.13 bits per heavy atom. The second kappa shape index (κ2) is 6.73. The fourth-order valence-electron chi connectivity index (χ4n) is 3.87. The molecule has 2 unspecified atom stereocenters. The first-order valence-corrected chi connectivity index (χ1v) is 8.77. The van der Waals surface area contributed by atoms with Crippen molar-refractivity contribution in [3.8, 4) is 0 Å². The highest BCUT2D eigenvalue weighted by atomic mass is 16.2. The number of rotatable bonds is 3. The van der Waals surface area contributed by atoms with Crippen LogP contribution in [0.5, 0.6) is 0 Å². The molecule has 4 nitrogen and oxygen atoms in total. The molecule has 2 aliphatic heterocycles. The van der Waals surface area contributed by atoms with Crippen LogP contribution in [0.4, 0.5) is 5.69 Å². The van der Waals surface area contributed by atoms with E-state index in [9.17, 15) is 9.59 Å². The van der Waals surface area contributed by atoms with Gasteiger partial charge in [0.2, 0.25) is 11.8 Å². The van der Waals surface area contributed by atoms with Gasteiger partial charge in [0.1, 0.15) is 0 Å². The molecule has 0 bridgehead atoms. The predicted molar refractivity (Wildman–Crippen MR) is 91.3 cm³/mol. The Labute approximate surface area is 138 Å². The highest BCUT2D eigenvalue weighted by Gasteiger charge is 2.39. The van der Waals surface area contributed by atoms with E-state index in [4.69, 9.17) is 0 Å². The van der Waals surface area contributed by atoms with Gasteiger partial charge < -0.3 is 9.80 Å². The lowest BCUT2D eigenvalue weighted by Gasteiger charge is -2.36. The molecule has 2 heterocycles. The molecule has 23 heavy (non-hydrogen) atoms. The van der Waals surface area contributed by atoms with E-state index in [-0.39, 0.29) is 17.7 Å². The summed E-state index contributed by atoms with van der Waals surface area (Å²) in [4.78, 5) is 29.1. The molecular weight excluding hydrogens is 288 g/mol. The lowest BCUT2D eigenvalue weighted by Crippen LogP contribution is -2.46. The van der Waals surface area contributed by atoms with Gasteiger partial charge >= 0.3 is 0 Å². The lowest BCUT2D eigenvalue weighted by molar-refractivity contribution is -0.139. The number of amides is 2. The topological polar surface area (TPSA) is 40.6 Å². The summed E-state index contributed by atoms with van der Waals surface area (Å²) in [6, 6.07) is 8.31. The number of carbonyl (C=O) groups is 2. The lowest BCUT2D eigenvalue weighted by atomic mass is 9.97. The molecule has 124 valence electrons. The van der Waals surface area contributed by atoms with Crippen LogP contribution in [-0.2, 0) is 9.59 Å². The highest BCUT2D eigenvalue weighted by molar-refractivity contribution is 6.00. The third-order valence-corrected chi connectivity index (χ3v) is 5.17. The van der Waals surface area contributed by atoms with Crippen molar-refractivity contribution in [3.63, 3.8) is 0 Å². The average Bonchev–Trinajstić information content (AvgIpc) is 2.96. The molecule has 1 aromatic carbocycles. The van der Waals surface area contributed by atoms with E-state index in [0.717, 1.165) is 37.1 Å². The van der Waals surface area contributed by atoms with Crippen LogP contribution < -0.4 is 4.90 Å².